The normalized spacial score (nSPS) is 10.3. The van der Waals surface area contributed by atoms with Gasteiger partial charge in [-0.25, -0.2) is 0 Å². The topological polar surface area (TPSA) is 0 Å². The maximum Gasteiger partial charge on any atom is 0 e. The van der Waals surface area contributed by atoms with Crippen LogP contribution in [0.4, 0.5) is 0 Å². The highest BCUT2D eigenvalue weighted by molar-refractivity contribution is 5.67. The van der Waals surface area contributed by atoms with Crippen molar-refractivity contribution in [2.75, 3.05) is 0 Å². The Hall–Kier alpha value is -2.08. The maximum atomic E-state index is 4.24. The minimum absolute atomic E-state index is 0. The van der Waals surface area contributed by atoms with Crippen LogP contribution in [-0.2, 0) is 6.42 Å². The van der Waals surface area contributed by atoms with Crippen LogP contribution in [0.3, 0.4) is 0 Å². The predicted octanol–water partition coefficient (Wildman–Crippen LogP) is 7.34. The Labute approximate surface area is 144 Å². The molecular formula is C23H32. The van der Waals surface area contributed by atoms with E-state index in [1.54, 1.807) is 0 Å². The summed E-state index contributed by atoms with van der Waals surface area (Å²) >= 11 is 0. The molecular weight excluding hydrogens is 276 g/mol. The Morgan fingerprint density at radius 3 is 2.39 bits per heavy atom. The van der Waals surface area contributed by atoms with Crippen LogP contribution in [0.5, 0.6) is 0 Å². The summed E-state index contributed by atoms with van der Waals surface area (Å²) < 4.78 is 0. The molecule has 0 aliphatic heterocycles. The molecule has 2 aromatic carbocycles. The van der Waals surface area contributed by atoms with E-state index in [4.69, 9.17) is 0 Å². The van der Waals surface area contributed by atoms with Crippen molar-refractivity contribution >= 4 is 11.6 Å². The van der Waals surface area contributed by atoms with Gasteiger partial charge in [-0.05, 0) is 42.0 Å². The van der Waals surface area contributed by atoms with Gasteiger partial charge in [0.25, 0.3) is 0 Å². The molecule has 0 unspecified atom stereocenters. The van der Waals surface area contributed by atoms with Gasteiger partial charge in [0.2, 0.25) is 0 Å². The molecule has 0 heterocycles. The van der Waals surface area contributed by atoms with Gasteiger partial charge < -0.3 is 0 Å². The maximum absolute atomic E-state index is 4.24. The number of aryl methyl sites for hydroxylation is 1. The molecule has 0 atom stereocenters. The van der Waals surface area contributed by atoms with Crippen LogP contribution in [0.15, 0.2) is 61.2 Å². The van der Waals surface area contributed by atoms with E-state index in [1.165, 1.54) is 34.2 Å². The molecule has 124 valence electrons. The zero-order valence-corrected chi connectivity index (χ0v) is 15.1. The minimum Gasteiger partial charge on any atom is -0.0949 e. The van der Waals surface area contributed by atoms with Crippen LogP contribution in [0.25, 0.3) is 11.6 Å². The third kappa shape index (κ3) is 6.69. The van der Waals surface area contributed by atoms with Crippen LogP contribution in [0, 0.1) is 6.92 Å². The van der Waals surface area contributed by atoms with Gasteiger partial charge in [-0.1, -0.05) is 100 Å². The summed E-state index contributed by atoms with van der Waals surface area (Å²) in [6.07, 6.45) is 7.67. The Balaban J connectivity index is 0.00000170. The average molecular weight is 309 g/mol. The lowest BCUT2D eigenvalue weighted by Crippen LogP contribution is -1.90. The van der Waals surface area contributed by atoms with Gasteiger partial charge in [-0.15, -0.1) is 0 Å². The molecule has 0 heteroatoms. The number of hydrogen-bond donors (Lipinski definition) is 0. The zero-order valence-electron chi connectivity index (χ0n) is 15.1. The third-order valence-corrected chi connectivity index (χ3v) is 3.58. The van der Waals surface area contributed by atoms with Crippen molar-refractivity contribution in [3.63, 3.8) is 0 Å². The lowest BCUT2D eigenvalue weighted by atomic mass is 9.98. The molecule has 0 radical (unpaired) electrons. The first-order valence-electron chi connectivity index (χ1n) is 8.69. The predicted molar refractivity (Wildman–Crippen MR) is 108 cm³/mol. The van der Waals surface area contributed by atoms with E-state index in [2.05, 4.69) is 81.1 Å². The highest BCUT2D eigenvalue weighted by Crippen LogP contribution is 2.19. The van der Waals surface area contributed by atoms with Crippen molar-refractivity contribution in [3.05, 3.63) is 83.4 Å². The van der Waals surface area contributed by atoms with Crippen LogP contribution in [-0.4, -0.2) is 0 Å². The van der Waals surface area contributed by atoms with Crippen molar-refractivity contribution in [2.24, 2.45) is 0 Å². The number of rotatable bonds is 6. The van der Waals surface area contributed by atoms with E-state index in [9.17, 15) is 0 Å². The molecule has 0 aromatic heterocycles. The number of allylic oxidation sites excluding steroid dienone is 2. The Kier molecular flexibility index (Phi) is 8.75. The fourth-order valence-corrected chi connectivity index (χ4v) is 2.39. The molecule has 0 saturated carbocycles. The monoisotopic (exact) mass is 308 g/mol. The molecule has 0 aliphatic rings. The van der Waals surface area contributed by atoms with Gasteiger partial charge >= 0.3 is 0 Å². The van der Waals surface area contributed by atoms with E-state index in [0.29, 0.717) is 0 Å². The van der Waals surface area contributed by atoms with Crippen molar-refractivity contribution < 1.29 is 1.43 Å². The molecule has 2 rings (SSSR count). The lowest BCUT2D eigenvalue weighted by molar-refractivity contribution is 0.962. The van der Waals surface area contributed by atoms with Crippen molar-refractivity contribution in [2.45, 2.75) is 47.0 Å². The number of benzene rings is 2. The molecule has 0 nitrogen and oxygen atoms in total. The van der Waals surface area contributed by atoms with Crippen LogP contribution >= 0.6 is 0 Å². The number of unbranched alkanes of at least 4 members (excludes halogenated alkanes) is 1. The van der Waals surface area contributed by atoms with Gasteiger partial charge in [-0.3, -0.25) is 0 Å². The Bertz CT molecular complexity index is 621. The molecule has 0 amide bonds. The quantitative estimate of drug-likeness (QED) is 0.523. The van der Waals surface area contributed by atoms with E-state index >= 15 is 0 Å². The molecule has 0 fully saturated rings. The average Bonchev–Trinajstić information content (AvgIpc) is 2.57. The molecule has 2 aromatic rings. The summed E-state index contributed by atoms with van der Waals surface area (Å²) in [5, 5.41) is 0. The minimum atomic E-state index is 0. The summed E-state index contributed by atoms with van der Waals surface area (Å²) in [5.41, 5.74) is 6.29. The van der Waals surface area contributed by atoms with Crippen molar-refractivity contribution in [1.82, 2.24) is 0 Å². The molecule has 0 spiro atoms. The SMILES string of the molecule is C=C(Cc1cccc(C)c1)c1ccc(/C=C/CCC)cc1.CC.[HH]. The van der Waals surface area contributed by atoms with Crippen LogP contribution in [0.2, 0.25) is 0 Å². The molecule has 0 saturated heterocycles. The van der Waals surface area contributed by atoms with Gasteiger partial charge in [0.15, 0.2) is 0 Å². The summed E-state index contributed by atoms with van der Waals surface area (Å²) in [6.45, 7) is 12.6. The number of hydrogen-bond acceptors (Lipinski definition) is 0. The highest BCUT2D eigenvalue weighted by Gasteiger charge is 2.01. The van der Waals surface area contributed by atoms with Crippen molar-refractivity contribution in [1.29, 1.82) is 0 Å². The first-order chi connectivity index (χ1) is 11.2. The second-order valence-electron chi connectivity index (χ2n) is 5.58. The van der Waals surface area contributed by atoms with Crippen LogP contribution in [0.1, 0.15) is 57.3 Å². The van der Waals surface area contributed by atoms with E-state index in [0.717, 1.165) is 12.8 Å². The summed E-state index contributed by atoms with van der Waals surface area (Å²) in [4.78, 5) is 0. The second kappa shape index (κ2) is 10.6. The smallest absolute Gasteiger partial charge is 0 e. The summed E-state index contributed by atoms with van der Waals surface area (Å²) in [6, 6.07) is 17.3. The lowest BCUT2D eigenvalue weighted by Gasteiger charge is -2.07. The van der Waals surface area contributed by atoms with Gasteiger partial charge in [0.1, 0.15) is 0 Å². The molecule has 0 bridgehead atoms. The zero-order chi connectivity index (χ0) is 17.1. The fraction of sp³-hybridized carbons (Fsp3) is 0.304. The van der Waals surface area contributed by atoms with Crippen LogP contribution < -0.4 is 0 Å². The standard InChI is InChI=1S/C21H24.C2H6.H2/c1-4-5-6-9-19-11-13-21(14-12-19)18(3)16-20-10-7-8-17(2)15-20;1-2;/h6-15H,3-5,16H2,1-2H3;1-2H3;1H/b9-6+;;. The van der Waals surface area contributed by atoms with E-state index in [1.807, 2.05) is 13.8 Å². The van der Waals surface area contributed by atoms with E-state index in [-0.39, 0.29) is 1.43 Å². The first-order valence-corrected chi connectivity index (χ1v) is 8.69. The first kappa shape index (κ1) is 19.0. The molecule has 23 heavy (non-hydrogen) atoms. The summed E-state index contributed by atoms with van der Waals surface area (Å²) in [5.74, 6) is 0. The van der Waals surface area contributed by atoms with E-state index < -0.39 is 0 Å². The Morgan fingerprint density at radius 1 is 1.09 bits per heavy atom. The highest BCUT2D eigenvalue weighted by atomic mass is 14.1. The van der Waals surface area contributed by atoms with Crippen molar-refractivity contribution in [3.8, 4) is 0 Å². The third-order valence-electron chi connectivity index (χ3n) is 3.58. The molecule has 0 aliphatic carbocycles. The molecule has 0 N–H and O–H groups in total. The van der Waals surface area contributed by atoms with Gasteiger partial charge in [0.05, 0.1) is 0 Å². The van der Waals surface area contributed by atoms with Gasteiger partial charge in [-0.2, -0.15) is 0 Å². The second-order valence-corrected chi connectivity index (χ2v) is 5.58. The Morgan fingerprint density at radius 2 is 1.78 bits per heavy atom. The summed E-state index contributed by atoms with van der Waals surface area (Å²) in [7, 11) is 0. The van der Waals surface area contributed by atoms with Gasteiger partial charge in [0, 0.05) is 1.43 Å². The fourth-order valence-electron chi connectivity index (χ4n) is 2.39. The largest absolute Gasteiger partial charge is 0.0949 e.